The maximum absolute atomic E-state index is 5.35. The number of hydrogen-bond acceptors (Lipinski definition) is 3. The van der Waals surface area contributed by atoms with E-state index in [9.17, 15) is 0 Å². The van der Waals surface area contributed by atoms with Crippen LogP contribution in [0.1, 0.15) is 13.8 Å². The van der Waals surface area contributed by atoms with E-state index in [1.807, 2.05) is 6.92 Å². The lowest BCUT2D eigenvalue weighted by atomic mass is 10.2. The predicted octanol–water partition coefficient (Wildman–Crippen LogP) is 0.564. The van der Waals surface area contributed by atoms with Gasteiger partial charge in [0, 0.05) is 32.8 Å². The van der Waals surface area contributed by atoms with E-state index in [-0.39, 0.29) is 0 Å². The molecule has 13 heavy (non-hydrogen) atoms. The first-order chi connectivity index (χ1) is 6.33. The lowest BCUT2D eigenvalue weighted by molar-refractivity contribution is 0.112. The number of hydrogen-bond donors (Lipinski definition) is 1. The van der Waals surface area contributed by atoms with E-state index in [0.29, 0.717) is 0 Å². The lowest BCUT2D eigenvalue weighted by Crippen LogP contribution is -2.32. The van der Waals surface area contributed by atoms with Crippen molar-refractivity contribution in [2.24, 2.45) is 5.92 Å². The van der Waals surface area contributed by atoms with E-state index in [4.69, 9.17) is 4.74 Å². The summed E-state index contributed by atoms with van der Waals surface area (Å²) in [5.74, 6) is 0.768. The third kappa shape index (κ3) is 4.60. The molecular weight excluding hydrogens is 164 g/mol. The molecule has 0 aromatic rings. The minimum atomic E-state index is 0.768. The van der Waals surface area contributed by atoms with E-state index < -0.39 is 0 Å². The van der Waals surface area contributed by atoms with Crippen LogP contribution >= 0.6 is 0 Å². The summed E-state index contributed by atoms with van der Waals surface area (Å²) >= 11 is 0. The van der Waals surface area contributed by atoms with Crippen molar-refractivity contribution < 1.29 is 4.74 Å². The van der Waals surface area contributed by atoms with Crippen molar-refractivity contribution in [1.29, 1.82) is 0 Å². The van der Waals surface area contributed by atoms with Gasteiger partial charge in [-0.3, -0.25) is 4.90 Å². The molecule has 1 fully saturated rings. The molecule has 1 aliphatic heterocycles. The molecule has 0 amide bonds. The molecule has 0 bridgehead atoms. The van der Waals surface area contributed by atoms with Crippen LogP contribution in [0.3, 0.4) is 0 Å². The monoisotopic (exact) mass is 186 g/mol. The second-order valence-corrected chi connectivity index (χ2v) is 3.81. The van der Waals surface area contributed by atoms with Crippen LogP contribution in [0, 0.1) is 5.92 Å². The van der Waals surface area contributed by atoms with Crippen molar-refractivity contribution in [2.75, 3.05) is 45.9 Å². The molecule has 0 saturated carbocycles. The molecule has 1 unspecified atom stereocenters. The Hall–Kier alpha value is -0.120. The molecule has 78 valence electrons. The van der Waals surface area contributed by atoms with Gasteiger partial charge in [0.1, 0.15) is 0 Å². The molecule has 0 spiro atoms. The normalized spacial score (nSPS) is 25.8. The quantitative estimate of drug-likeness (QED) is 0.649. The Morgan fingerprint density at radius 1 is 1.54 bits per heavy atom. The minimum Gasteiger partial charge on any atom is -0.380 e. The van der Waals surface area contributed by atoms with Crippen molar-refractivity contribution >= 4 is 0 Å². The molecular formula is C10H22N2O. The third-order valence-electron chi connectivity index (χ3n) is 2.42. The second-order valence-electron chi connectivity index (χ2n) is 3.81. The van der Waals surface area contributed by atoms with Crippen LogP contribution in [0.4, 0.5) is 0 Å². The highest BCUT2D eigenvalue weighted by atomic mass is 16.5. The van der Waals surface area contributed by atoms with Crippen LogP contribution < -0.4 is 5.32 Å². The Balaban J connectivity index is 2.15. The van der Waals surface area contributed by atoms with Gasteiger partial charge in [-0.2, -0.15) is 0 Å². The van der Waals surface area contributed by atoms with E-state index >= 15 is 0 Å². The van der Waals surface area contributed by atoms with Gasteiger partial charge in [0.15, 0.2) is 0 Å². The van der Waals surface area contributed by atoms with Crippen molar-refractivity contribution in [2.45, 2.75) is 13.8 Å². The van der Waals surface area contributed by atoms with Gasteiger partial charge in [-0.15, -0.1) is 0 Å². The molecule has 1 atom stereocenters. The van der Waals surface area contributed by atoms with Gasteiger partial charge < -0.3 is 10.1 Å². The van der Waals surface area contributed by atoms with E-state index in [0.717, 1.165) is 45.3 Å². The molecule has 1 aliphatic rings. The molecule has 3 heteroatoms. The largest absolute Gasteiger partial charge is 0.380 e. The Morgan fingerprint density at radius 2 is 2.38 bits per heavy atom. The Kier molecular flexibility index (Phi) is 5.35. The smallest absolute Gasteiger partial charge is 0.0593 e. The van der Waals surface area contributed by atoms with E-state index in [2.05, 4.69) is 17.1 Å². The first kappa shape index (κ1) is 11.0. The topological polar surface area (TPSA) is 24.5 Å². The molecule has 0 radical (unpaired) electrons. The molecule has 1 saturated heterocycles. The summed E-state index contributed by atoms with van der Waals surface area (Å²) in [4.78, 5) is 2.49. The molecule has 3 nitrogen and oxygen atoms in total. The zero-order valence-electron chi connectivity index (χ0n) is 8.88. The van der Waals surface area contributed by atoms with Gasteiger partial charge >= 0.3 is 0 Å². The number of rotatable bonds is 4. The van der Waals surface area contributed by atoms with Crippen molar-refractivity contribution in [3.63, 3.8) is 0 Å². The van der Waals surface area contributed by atoms with Crippen LogP contribution in [-0.4, -0.2) is 50.8 Å². The summed E-state index contributed by atoms with van der Waals surface area (Å²) in [5.41, 5.74) is 0. The third-order valence-corrected chi connectivity index (χ3v) is 2.42. The van der Waals surface area contributed by atoms with Gasteiger partial charge in [-0.1, -0.05) is 6.92 Å². The minimum absolute atomic E-state index is 0.768. The first-order valence-electron chi connectivity index (χ1n) is 5.33. The summed E-state index contributed by atoms with van der Waals surface area (Å²) in [7, 11) is 0. The number of nitrogens with one attached hydrogen (secondary N) is 1. The first-order valence-corrected chi connectivity index (χ1v) is 5.33. The standard InChI is InChI=1S/C10H22N2O/c1-3-13-7-6-12-5-4-11-8-10(2)9-12/h10-11H,3-9H2,1-2H3. The van der Waals surface area contributed by atoms with Gasteiger partial charge in [0.2, 0.25) is 0 Å². The van der Waals surface area contributed by atoms with Gasteiger partial charge in [0.05, 0.1) is 6.61 Å². The molecule has 1 heterocycles. The van der Waals surface area contributed by atoms with Gasteiger partial charge in [-0.25, -0.2) is 0 Å². The highest BCUT2D eigenvalue weighted by Crippen LogP contribution is 2.01. The maximum atomic E-state index is 5.35. The fourth-order valence-electron chi connectivity index (χ4n) is 1.72. The van der Waals surface area contributed by atoms with Crippen LogP contribution in [0.25, 0.3) is 0 Å². The average Bonchev–Trinajstić information content (AvgIpc) is 2.31. The summed E-state index contributed by atoms with van der Waals surface area (Å²) in [5, 5.41) is 3.43. The maximum Gasteiger partial charge on any atom is 0.0593 e. The number of ether oxygens (including phenoxy) is 1. The van der Waals surface area contributed by atoms with Gasteiger partial charge in [-0.05, 0) is 19.4 Å². The van der Waals surface area contributed by atoms with Crippen molar-refractivity contribution in [1.82, 2.24) is 10.2 Å². The van der Waals surface area contributed by atoms with Gasteiger partial charge in [0.25, 0.3) is 0 Å². The van der Waals surface area contributed by atoms with E-state index in [1.54, 1.807) is 0 Å². The Morgan fingerprint density at radius 3 is 3.15 bits per heavy atom. The van der Waals surface area contributed by atoms with Crippen molar-refractivity contribution in [3.8, 4) is 0 Å². The predicted molar refractivity (Wildman–Crippen MR) is 55.0 cm³/mol. The summed E-state index contributed by atoms with van der Waals surface area (Å²) in [6.07, 6.45) is 0. The average molecular weight is 186 g/mol. The van der Waals surface area contributed by atoms with E-state index in [1.165, 1.54) is 6.54 Å². The zero-order chi connectivity index (χ0) is 9.52. The Labute approximate surface area is 81.4 Å². The Bertz CT molecular complexity index is 130. The zero-order valence-corrected chi connectivity index (χ0v) is 8.88. The van der Waals surface area contributed by atoms with Crippen LogP contribution in [0.15, 0.2) is 0 Å². The van der Waals surface area contributed by atoms with Crippen molar-refractivity contribution in [3.05, 3.63) is 0 Å². The molecule has 0 aromatic heterocycles. The van der Waals surface area contributed by atoms with Crippen LogP contribution in [0.5, 0.6) is 0 Å². The number of nitrogens with zero attached hydrogens (tertiary/aromatic N) is 1. The molecule has 0 aliphatic carbocycles. The highest BCUT2D eigenvalue weighted by Gasteiger charge is 2.13. The summed E-state index contributed by atoms with van der Waals surface area (Å²) in [6, 6.07) is 0. The van der Waals surface area contributed by atoms with Crippen LogP contribution in [0.2, 0.25) is 0 Å². The second kappa shape index (κ2) is 6.35. The fourth-order valence-corrected chi connectivity index (χ4v) is 1.72. The molecule has 0 aromatic carbocycles. The molecule has 1 rings (SSSR count). The van der Waals surface area contributed by atoms with Crippen LogP contribution in [-0.2, 0) is 4.74 Å². The summed E-state index contributed by atoms with van der Waals surface area (Å²) < 4.78 is 5.35. The highest BCUT2D eigenvalue weighted by molar-refractivity contribution is 4.70. The fraction of sp³-hybridized carbons (Fsp3) is 1.00. The lowest BCUT2D eigenvalue weighted by Gasteiger charge is -2.21. The SMILES string of the molecule is CCOCCN1CCNCC(C)C1. The molecule has 1 N–H and O–H groups in total. The summed E-state index contributed by atoms with van der Waals surface area (Å²) in [6.45, 7) is 11.8.